The fourth-order valence-electron chi connectivity index (χ4n) is 1.16. The Bertz CT molecular complexity index is 449. The summed E-state index contributed by atoms with van der Waals surface area (Å²) in [6.45, 7) is 1.91. The van der Waals surface area contributed by atoms with Crippen molar-refractivity contribution in [3.05, 3.63) is 45.7 Å². The van der Waals surface area contributed by atoms with Crippen molar-refractivity contribution in [1.29, 1.82) is 0 Å². The summed E-state index contributed by atoms with van der Waals surface area (Å²) >= 11 is 0. The van der Waals surface area contributed by atoms with Crippen LogP contribution in [-0.4, -0.2) is 22.6 Å². The normalized spacial score (nSPS) is 11.0. The molecule has 1 rings (SSSR count). The Labute approximate surface area is 97.3 Å². The van der Waals surface area contributed by atoms with Crippen LogP contribution in [0.2, 0.25) is 0 Å². The second-order valence-corrected chi connectivity index (χ2v) is 3.10. The van der Waals surface area contributed by atoms with Gasteiger partial charge in [-0.25, -0.2) is 4.79 Å². The summed E-state index contributed by atoms with van der Waals surface area (Å²) in [5.74, 6) is -1.37. The first-order valence-corrected chi connectivity index (χ1v) is 4.87. The van der Waals surface area contributed by atoms with Crippen LogP contribution in [0.3, 0.4) is 0 Å². The van der Waals surface area contributed by atoms with Gasteiger partial charge in [0, 0.05) is 12.1 Å². The smallest absolute Gasteiger partial charge is 0.371 e. The van der Waals surface area contributed by atoms with Crippen LogP contribution in [0.15, 0.2) is 30.0 Å². The van der Waals surface area contributed by atoms with Crippen molar-refractivity contribution >= 4 is 17.7 Å². The van der Waals surface area contributed by atoms with E-state index < -0.39 is 10.9 Å². The van der Waals surface area contributed by atoms with Crippen molar-refractivity contribution in [3.8, 4) is 0 Å². The monoisotopic (exact) mass is 237 g/mol. The highest BCUT2D eigenvalue weighted by molar-refractivity contribution is 5.89. The van der Waals surface area contributed by atoms with Gasteiger partial charge in [-0.05, 0) is 30.7 Å². The first kappa shape index (κ1) is 12.7. The Hall–Kier alpha value is -2.37. The minimum absolute atomic E-state index is 0.0459. The molecule has 0 saturated carbocycles. The standard InChI is InChI=1S/C11H11NO5/c1-2-17-10(11(13)14)7-8-3-5-9(6-4-8)12(15)16/h3-7H,2H2,1H3,(H,13,14)/b10-7+. The molecule has 0 fully saturated rings. The van der Waals surface area contributed by atoms with Gasteiger partial charge in [-0.1, -0.05) is 0 Å². The van der Waals surface area contributed by atoms with E-state index in [4.69, 9.17) is 9.84 Å². The fourth-order valence-corrected chi connectivity index (χ4v) is 1.16. The average molecular weight is 237 g/mol. The fraction of sp³-hybridized carbons (Fsp3) is 0.182. The molecule has 1 aromatic rings. The van der Waals surface area contributed by atoms with Crippen LogP contribution in [-0.2, 0) is 9.53 Å². The molecule has 90 valence electrons. The van der Waals surface area contributed by atoms with Gasteiger partial charge in [0.1, 0.15) is 0 Å². The molecule has 0 aliphatic rings. The lowest BCUT2D eigenvalue weighted by Crippen LogP contribution is -2.04. The summed E-state index contributed by atoms with van der Waals surface area (Å²) < 4.78 is 4.91. The van der Waals surface area contributed by atoms with Gasteiger partial charge in [0.25, 0.3) is 5.69 Å². The molecule has 17 heavy (non-hydrogen) atoms. The van der Waals surface area contributed by atoms with Gasteiger partial charge in [-0.3, -0.25) is 10.1 Å². The number of ether oxygens (including phenoxy) is 1. The SMILES string of the molecule is CCO/C(=C/c1ccc([N+](=O)[O-])cc1)C(=O)O. The summed E-state index contributed by atoms with van der Waals surface area (Å²) in [4.78, 5) is 20.7. The maximum absolute atomic E-state index is 10.8. The molecule has 0 spiro atoms. The number of carboxylic acids is 1. The summed E-state index contributed by atoms with van der Waals surface area (Å²) in [5, 5.41) is 19.2. The lowest BCUT2D eigenvalue weighted by molar-refractivity contribution is -0.384. The summed E-state index contributed by atoms with van der Waals surface area (Å²) in [6, 6.07) is 5.52. The number of aliphatic carboxylic acids is 1. The number of nitro benzene ring substituents is 1. The molecule has 0 radical (unpaired) electrons. The van der Waals surface area contributed by atoms with E-state index in [1.165, 1.54) is 30.3 Å². The molecule has 6 nitrogen and oxygen atoms in total. The topological polar surface area (TPSA) is 89.7 Å². The molecule has 0 unspecified atom stereocenters. The molecule has 0 aliphatic heterocycles. The summed E-state index contributed by atoms with van der Waals surface area (Å²) in [5.41, 5.74) is 0.483. The molecular weight excluding hydrogens is 226 g/mol. The summed E-state index contributed by atoms with van der Waals surface area (Å²) in [7, 11) is 0. The van der Waals surface area contributed by atoms with E-state index in [1.54, 1.807) is 6.92 Å². The predicted octanol–water partition coefficient (Wildman–Crippen LogP) is 2.06. The van der Waals surface area contributed by atoms with Gasteiger partial charge in [0.05, 0.1) is 11.5 Å². The predicted molar refractivity (Wildman–Crippen MR) is 60.3 cm³/mol. The van der Waals surface area contributed by atoms with E-state index in [2.05, 4.69) is 0 Å². The molecule has 0 heterocycles. The largest absolute Gasteiger partial charge is 0.487 e. The first-order chi connectivity index (χ1) is 8.04. The van der Waals surface area contributed by atoms with Gasteiger partial charge >= 0.3 is 5.97 Å². The average Bonchev–Trinajstić information content (AvgIpc) is 2.29. The number of benzene rings is 1. The van der Waals surface area contributed by atoms with Crippen LogP contribution < -0.4 is 0 Å². The Kier molecular flexibility index (Phi) is 4.21. The molecule has 1 aromatic carbocycles. The van der Waals surface area contributed by atoms with Gasteiger partial charge < -0.3 is 9.84 Å². The number of nitro groups is 1. The second-order valence-electron chi connectivity index (χ2n) is 3.10. The molecule has 0 bridgehead atoms. The first-order valence-electron chi connectivity index (χ1n) is 4.87. The maximum atomic E-state index is 10.8. The molecule has 0 saturated heterocycles. The quantitative estimate of drug-likeness (QED) is 0.366. The highest BCUT2D eigenvalue weighted by Gasteiger charge is 2.09. The van der Waals surface area contributed by atoms with E-state index in [0.717, 1.165) is 0 Å². The molecule has 0 aliphatic carbocycles. The molecule has 1 N–H and O–H groups in total. The number of hydrogen-bond donors (Lipinski definition) is 1. The van der Waals surface area contributed by atoms with Gasteiger partial charge in [0.2, 0.25) is 5.76 Å². The van der Waals surface area contributed by atoms with Crippen LogP contribution >= 0.6 is 0 Å². The molecular formula is C11H11NO5. The van der Waals surface area contributed by atoms with Crippen molar-refractivity contribution in [2.24, 2.45) is 0 Å². The zero-order chi connectivity index (χ0) is 12.8. The number of rotatable bonds is 5. The van der Waals surface area contributed by atoms with Crippen LogP contribution in [0, 0.1) is 10.1 Å². The third kappa shape index (κ3) is 3.60. The molecule has 6 heteroatoms. The zero-order valence-electron chi connectivity index (χ0n) is 9.12. The minimum Gasteiger partial charge on any atom is -0.487 e. The highest BCUT2D eigenvalue weighted by atomic mass is 16.6. The number of carboxylic acid groups (broad SMARTS) is 1. The highest BCUT2D eigenvalue weighted by Crippen LogP contribution is 2.14. The molecule has 0 amide bonds. The van der Waals surface area contributed by atoms with Crippen molar-refractivity contribution in [3.63, 3.8) is 0 Å². The molecule has 0 aromatic heterocycles. The third-order valence-electron chi connectivity index (χ3n) is 1.91. The minimum atomic E-state index is -1.18. The Balaban J connectivity index is 2.96. The number of non-ortho nitro benzene ring substituents is 1. The lowest BCUT2D eigenvalue weighted by atomic mass is 10.2. The Morgan fingerprint density at radius 1 is 1.47 bits per heavy atom. The van der Waals surface area contributed by atoms with Crippen molar-refractivity contribution < 1.29 is 19.6 Å². The zero-order valence-corrected chi connectivity index (χ0v) is 9.12. The Morgan fingerprint density at radius 3 is 2.47 bits per heavy atom. The number of carbonyl (C=O) groups is 1. The Morgan fingerprint density at radius 2 is 2.06 bits per heavy atom. The third-order valence-corrected chi connectivity index (χ3v) is 1.91. The van der Waals surface area contributed by atoms with E-state index in [1.807, 2.05) is 0 Å². The van der Waals surface area contributed by atoms with Gasteiger partial charge in [-0.2, -0.15) is 0 Å². The van der Waals surface area contributed by atoms with Crippen molar-refractivity contribution in [2.75, 3.05) is 6.61 Å². The van der Waals surface area contributed by atoms with E-state index in [-0.39, 0.29) is 18.1 Å². The van der Waals surface area contributed by atoms with Gasteiger partial charge in [-0.15, -0.1) is 0 Å². The lowest BCUT2D eigenvalue weighted by Gasteiger charge is -2.03. The second kappa shape index (κ2) is 5.64. The van der Waals surface area contributed by atoms with E-state index >= 15 is 0 Å². The van der Waals surface area contributed by atoms with Crippen molar-refractivity contribution in [2.45, 2.75) is 6.92 Å². The van der Waals surface area contributed by atoms with Crippen LogP contribution in [0.5, 0.6) is 0 Å². The van der Waals surface area contributed by atoms with Crippen molar-refractivity contribution in [1.82, 2.24) is 0 Å². The molecule has 0 atom stereocenters. The van der Waals surface area contributed by atoms with Gasteiger partial charge in [0.15, 0.2) is 0 Å². The van der Waals surface area contributed by atoms with Crippen LogP contribution in [0.25, 0.3) is 6.08 Å². The number of hydrogen-bond acceptors (Lipinski definition) is 4. The summed E-state index contributed by atoms with van der Waals surface area (Å²) in [6.07, 6.45) is 1.32. The van der Waals surface area contributed by atoms with E-state index in [0.29, 0.717) is 5.56 Å². The van der Waals surface area contributed by atoms with Crippen LogP contribution in [0.4, 0.5) is 5.69 Å². The number of nitrogens with zero attached hydrogens (tertiary/aromatic N) is 1. The van der Waals surface area contributed by atoms with E-state index in [9.17, 15) is 14.9 Å². The maximum Gasteiger partial charge on any atom is 0.371 e. The van der Waals surface area contributed by atoms with Crippen LogP contribution in [0.1, 0.15) is 12.5 Å².